The molecule has 7 heteroatoms. The van der Waals surface area contributed by atoms with Crippen LogP contribution >= 0.6 is 0 Å². The van der Waals surface area contributed by atoms with Crippen LogP contribution in [0, 0.1) is 36.5 Å². The summed E-state index contributed by atoms with van der Waals surface area (Å²) >= 11 is 0. The van der Waals surface area contributed by atoms with Gasteiger partial charge in [-0.05, 0) is 61.2 Å². The van der Waals surface area contributed by atoms with E-state index in [1.165, 1.54) is 6.07 Å². The Kier molecular flexibility index (Phi) is 5.31. The van der Waals surface area contributed by atoms with Gasteiger partial charge in [-0.15, -0.1) is 0 Å². The van der Waals surface area contributed by atoms with Crippen molar-refractivity contribution in [2.24, 2.45) is 0 Å². The number of hydrogen-bond acceptors (Lipinski definition) is 4. The Balaban J connectivity index is 1.48. The standard InChI is InChI=1S/C39H23BN4O2/c1-22-9-8-10-23(2)36(22)40-30-16-15-27-24(20-41)17-25(21-42)38-35(27)37(30)44(39(45)46-38)34-18-29-28-13-6-7-14-32(28)43(33(29)19-31(34)40)26-11-4-3-5-12-26/h3-19H,1-2H3. The lowest BCUT2D eigenvalue weighted by Crippen LogP contribution is -2.60. The van der Waals surface area contributed by atoms with Gasteiger partial charge in [-0.1, -0.05) is 83.3 Å². The highest BCUT2D eigenvalue weighted by molar-refractivity contribution is 6.99. The number of carbonyl (C=O) groups excluding carboxylic acids is 1. The summed E-state index contributed by atoms with van der Waals surface area (Å²) in [6.45, 7) is 4.03. The second kappa shape index (κ2) is 9.35. The first-order chi connectivity index (χ1) is 22.5. The molecule has 1 amide bonds. The maximum Gasteiger partial charge on any atom is 0.424 e. The van der Waals surface area contributed by atoms with Gasteiger partial charge < -0.3 is 9.30 Å². The third-order valence-electron chi connectivity index (χ3n) is 9.63. The van der Waals surface area contributed by atoms with Crippen molar-refractivity contribution in [2.45, 2.75) is 13.8 Å². The molecule has 0 radical (unpaired) electrons. The summed E-state index contributed by atoms with van der Waals surface area (Å²) in [5.74, 6) is 0.208. The number of nitrogens with zero attached hydrogens (tertiary/aromatic N) is 4. The van der Waals surface area contributed by atoms with Crippen LogP contribution in [0.25, 0.3) is 38.3 Å². The van der Waals surface area contributed by atoms with Crippen molar-refractivity contribution in [3.05, 3.63) is 125 Å². The van der Waals surface area contributed by atoms with E-state index in [4.69, 9.17) is 4.74 Å². The molecule has 6 nitrogen and oxygen atoms in total. The molecular formula is C39H23BN4O2. The summed E-state index contributed by atoms with van der Waals surface area (Å²) in [6.07, 6.45) is -0.574. The summed E-state index contributed by atoms with van der Waals surface area (Å²) in [7, 11) is 0. The molecule has 0 aliphatic carbocycles. The normalized spacial score (nSPS) is 13.1. The van der Waals surface area contributed by atoms with E-state index in [0.29, 0.717) is 22.0 Å². The smallest absolute Gasteiger partial charge is 0.408 e. The van der Waals surface area contributed by atoms with Crippen molar-refractivity contribution in [2.75, 3.05) is 4.90 Å². The van der Waals surface area contributed by atoms with Gasteiger partial charge in [0, 0.05) is 27.5 Å². The highest BCUT2D eigenvalue weighted by atomic mass is 16.6. The van der Waals surface area contributed by atoms with Gasteiger partial charge in [0.1, 0.15) is 6.07 Å². The molecule has 6 aromatic carbocycles. The second-order valence-corrected chi connectivity index (χ2v) is 12.0. The van der Waals surface area contributed by atoms with E-state index >= 15 is 0 Å². The van der Waals surface area contributed by atoms with Crippen LogP contribution in [0.2, 0.25) is 0 Å². The summed E-state index contributed by atoms with van der Waals surface area (Å²) in [5.41, 5.74) is 10.4. The average Bonchev–Trinajstić information content (AvgIpc) is 3.40. The number of rotatable bonds is 2. The molecule has 0 saturated carbocycles. The van der Waals surface area contributed by atoms with Gasteiger partial charge in [-0.3, -0.25) is 0 Å². The number of carbonyl (C=O) groups is 1. The predicted octanol–water partition coefficient (Wildman–Crippen LogP) is 6.78. The first kappa shape index (κ1) is 26.1. The van der Waals surface area contributed by atoms with Crippen molar-refractivity contribution >= 4 is 73.1 Å². The number of benzene rings is 6. The Bertz CT molecular complexity index is 2570. The first-order valence-corrected chi connectivity index (χ1v) is 15.1. The molecule has 0 spiro atoms. The molecule has 0 bridgehead atoms. The summed E-state index contributed by atoms with van der Waals surface area (Å²) in [4.78, 5) is 15.8. The molecule has 7 aromatic rings. The lowest BCUT2D eigenvalue weighted by atomic mass is 9.33. The van der Waals surface area contributed by atoms with E-state index in [1.807, 2.05) is 42.5 Å². The zero-order valence-corrected chi connectivity index (χ0v) is 25.0. The minimum Gasteiger partial charge on any atom is -0.408 e. The van der Waals surface area contributed by atoms with Gasteiger partial charge in [0.05, 0.1) is 39.3 Å². The number of anilines is 2. The highest BCUT2D eigenvalue weighted by Crippen LogP contribution is 2.47. The molecule has 0 saturated heterocycles. The predicted molar refractivity (Wildman–Crippen MR) is 183 cm³/mol. The molecule has 2 aliphatic heterocycles. The van der Waals surface area contributed by atoms with E-state index in [2.05, 4.69) is 85.2 Å². The van der Waals surface area contributed by atoms with Crippen molar-refractivity contribution in [1.29, 1.82) is 10.5 Å². The van der Waals surface area contributed by atoms with Crippen LogP contribution in [0.4, 0.5) is 16.2 Å². The Labute approximate surface area is 265 Å². The maximum atomic E-state index is 14.1. The van der Waals surface area contributed by atoms with Crippen LogP contribution in [0.15, 0.2) is 103 Å². The van der Waals surface area contributed by atoms with E-state index < -0.39 is 6.09 Å². The quantitative estimate of drug-likeness (QED) is 0.208. The zero-order valence-electron chi connectivity index (χ0n) is 25.0. The topological polar surface area (TPSA) is 82.1 Å². The van der Waals surface area contributed by atoms with Gasteiger partial charge in [-0.25, -0.2) is 9.69 Å². The van der Waals surface area contributed by atoms with Gasteiger partial charge in [0.25, 0.3) is 0 Å². The second-order valence-electron chi connectivity index (χ2n) is 12.0. The molecule has 214 valence electrons. The molecule has 46 heavy (non-hydrogen) atoms. The number of aryl methyl sites for hydroxylation is 2. The van der Waals surface area contributed by atoms with E-state index in [-0.39, 0.29) is 18.0 Å². The summed E-state index contributed by atoms with van der Waals surface area (Å²) < 4.78 is 8.27. The fraction of sp³-hybridized carbons (Fsp3) is 0.0513. The van der Waals surface area contributed by atoms with Crippen molar-refractivity contribution < 1.29 is 9.53 Å². The van der Waals surface area contributed by atoms with Crippen molar-refractivity contribution in [1.82, 2.24) is 4.57 Å². The molecule has 0 unspecified atom stereocenters. The summed E-state index contributed by atoms with van der Waals surface area (Å²) in [5, 5.41) is 23.5. The molecule has 9 rings (SSSR count). The van der Waals surface area contributed by atoms with Crippen molar-refractivity contribution in [3.8, 4) is 23.6 Å². The fourth-order valence-electron chi connectivity index (χ4n) is 7.74. The van der Waals surface area contributed by atoms with Crippen LogP contribution in [0.3, 0.4) is 0 Å². The molecular weight excluding hydrogens is 567 g/mol. The van der Waals surface area contributed by atoms with Crippen LogP contribution < -0.4 is 26.0 Å². The minimum atomic E-state index is -0.574. The molecule has 0 N–H and O–H groups in total. The minimum absolute atomic E-state index is 0.168. The van der Waals surface area contributed by atoms with Crippen LogP contribution in [-0.4, -0.2) is 17.4 Å². The first-order valence-electron chi connectivity index (χ1n) is 15.1. The number of amides is 1. The van der Waals surface area contributed by atoms with E-state index in [0.717, 1.165) is 60.7 Å². The lowest BCUT2D eigenvalue weighted by Gasteiger charge is -2.39. The van der Waals surface area contributed by atoms with Gasteiger partial charge in [0.2, 0.25) is 6.71 Å². The largest absolute Gasteiger partial charge is 0.424 e. The molecule has 2 aliphatic rings. The third kappa shape index (κ3) is 3.32. The number of fused-ring (bicyclic) bond motifs is 5. The van der Waals surface area contributed by atoms with Crippen LogP contribution in [0.1, 0.15) is 22.3 Å². The molecule has 0 fully saturated rings. The number of para-hydroxylation sites is 2. The zero-order chi connectivity index (χ0) is 31.3. The number of nitriles is 2. The van der Waals surface area contributed by atoms with Crippen LogP contribution in [-0.2, 0) is 0 Å². The molecule has 3 heterocycles. The number of ether oxygens (including phenoxy) is 1. The average molecular weight is 590 g/mol. The molecule has 0 atom stereocenters. The Morgan fingerprint density at radius 3 is 2.20 bits per heavy atom. The Morgan fingerprint density at radius 1 is 0.696 bits per heavy atom. The molecule has 1 aromatic heterocycles. The Hall–Kier alpha value is -6.31. The number of aromatic nitrogens is 1. The lowest BCUT2D eigenvalue weighted by molar-refractivity contribution is 0.210. The summed E-state index contributed by atoms with van der Waals surface area (Å²) in [6, 6.07) is 39.2. The third-order valence-corrected chi connectivity index (χ3v) is 9.63. The van der Waals surface area contributed by atoms with E-state index in [1.54, 1.807) is 4.90 Å². The monoisotopic (exact) mass is 590 g/mol. The maximum absolute atomic E-state index is 14.1. The fourth-order valence-corrected chi connectivity index (χ4v) is 7.74. The van der Waals surface area contributed by atoms with Gasteiger partial charge >= 0.3 is 6.09 Å². The Morgan fingerprint density at radius 2 is 1.43 bits per heavy atom. The van der Waals surface area contributed by atoms with Gasteiger partial charge in [-0.2, -0.15) is 10.5 Å². The number of hydrogen-bond donors (Lipinski definition) is 0. The van der Waals surface area contributed by atoms with Gasteiger partial charge in [0.15, 0.2) is 5.75 Å². The van der Waals surface area contributed by atoms with E-state index in [9.17, 15) is 15.3 Å². The highest BCUT2D eigenvalue weighted by Gasteiger charge is 2.44. The van der Waals surface area contributed by atoms with Crippen LogP contribution in [0.5, 0.6) is 5.75 Å². The SMILES string of the molecule is Cc1cccc(C)c1B1c2cc3c(cc2N2C(=O)Oc4c(C#N)cc(C#N)c5ccc1c2c45)c1ccccc1n3-c1ccccc1. The van der Waals surface area contributed by atoms with Crippen molar-refractivity contribution in [3.63, 3.8) is 0 Å².